The zero-order valence-electron chi connectivity index (χ0n) is 9.92. The van der Waals surface area contributed by atoms with E-state index in [-0.39, 0.29) is 16.1 Å². The van der Waals surface area contributed by atoms with Crippen molar-refractivity contribution in [3.05, 3.63) is 0 Å². The van der Waals surface area contributed by atoms with Crippen molar-refractivity contribution >= 4 is 28.8 Å². The van der Waals surface area contributed by atoms with Crippen molar-refractivity contribution in [3.8, 4) is 0 Å². The van der Waals surface area contributed by atoms with Crippen LogP contribution >= 0.6 is 12.2 Å². The van der Waals surface area contributed by atoms with Gasteiger partial charge in [-0.05, 0) is 12.3 Å². The average Bonchev–Trinajstić information content (AvgIpc) is 2.11. The van der Waals surface area contributed by atoms with Crippen LogP contribution in [0.2, 0.25) is 0 Å². The molecule has 0 aliphatic carbocycles. The molecule has 0 rings (SSSR count). The van der Waals surface area contributed by atoms with Gasteiger partial charge in [0.25, 0.3) is 0 Å². The number of ketones is 1. The van der Waals surface area contributed by atoms with E-state index in [0.29, 0.717) is 6.42 Å². The van der Waals surface area contributed by atoms with Gasteiger partial charge >= 0.3 is 5.97 Å². The molecule has 0 aromatic heterocycles. The summed E-state index contributed by atoms with van der Waals surface area (Å²) in [6.45, 7) is 7.46. The van der Waals surface area contributed by atoms with Crippen molar-refractivity contribution in [1.29, 1.82) is 0 Å². The molecular formula is C11H18O3S. The summed E-state index contributed by atoms with van der Waals surface area (Å²) in [5, 5.41) is 0. The van der Waals surface area contributed by atoms with Crippen LogP contribution < -0.4 is 0 Å². The lowest BCUT2D eigenvalue weighted by Crippen LogP contribution is -2.29. The quantitative estimate of drug-likeness (QED) is 0.548. The average molecular weight is 230 g/mol. The number of hydrogen-bond donors (Lipinski definition) is 0. The highest BCUT2D eigenvalue weighted by molar-refractivity contribution is 7.82. The van der Waals surface area contributed by atoms with Gasteiger partial charge in [-0.15, -0.1) is 0 Å². The molecule has 86 valence electrons. The molecule has 4 heteroatoms. The Labute approximate surface area is 96.2 Å². The van der Waals surface area contributed by atoms with Gasteiger partial charge in [0.05, 0.1) is 17.9 Å². The Balaban J connectivity index is 4.46. The highest BCUT2D eigenvalue weighted by Crippen LogP contribution is 2.20. The molecule has 0 saturated heterocycles. The van der Waals surface area contributed by atoms with Crippen molar-refractivity contribution in [2.75, 3.05) is 7.11 Å². The number of hydrogen-bond acceptors (Lipinski definition) is 4. The first kappa shape index (κ1) is 14.2. The van der Waals surface area contributed by atoms with E-state index in [2.05, 4.69) is 4.74 Å². The predicted octanol–water partition coefficient (Wildman–Crippen LogP) is 2.17. The summed E-state index contributed by atoms with van der Waals surface area (Å²) in [6.07, 6.45) is 0.354. The Kier molecular flexibility index (Phi) is 5.08. The van der Waals surface area contributed by atoms with Crippen LogP contribution in [0.3, 0.4) is 0 Å². The largest absolute Gasteiger partial charge is 0.469 e. The number of rotatable bonds is 4. The normalized spacial score (nSPS) is 13.1. The van der Waals surface area contributed by atoms with E-state index in [9.17, 15) is 9.59 Å². The summed E-state index contributed by atoms with van der Waals surface area (Å²) >= 11 is 4.96. The number of methoxy groups -OCH3 is 1. The summed E-state index contributed by atoms with van der Waals surface area (Å²) in [7, 11) is 1.29. The fraction of sp³-hybridized carbons (Fsp3) is 0.727. The van der Waals surface area contributed by atoms with Crippen molar-refractivity contribution in [3.63, 3.8) is 0 Å². The van der Waals surface area contributed by atoms with Crippen molar-refractivity contribution < 1.29 is 14.3 Å². The molecule has 0 spiro atoms. The van der Waals surface area contributed by atoms with E-state index in [0.717, 1.165) is 0 Å². The molecule has 0 aliphatic rings. The number of ether oxygens (including phenoxy) is 1. The second kappa shape index (κ2) is 5.35. The monoisotopic (exact) mass is 230 g/mol. The first-order chi connectivity index (χ1) is 6.69. The molecule has 1 atom stereocenters. The van der Waals surface area contributed by atoms with Gasteiger partial charge in [-0.25, -0.2) is 0 Å². The maximum Gasteiger partial charge on any atom is 0.313 e. The number of esters is 1. The van der Waals surface area contributed by atoms with Crippen molar-refractivity contribution in [2.45, 2.75) is 34.1 Å². The zero-order valence-corrected chi connectivity index (χ0v) is 10.7. The predicted molar refractivity (Wildman–Crippen MR) is 62.9 cm³/mol. The van der Waals surface area contributed by atoms with E-state index < -0.39 is 11.9 Å². The fourth-order valence-electron chi connectivity index (χ4n) is 1.09. The molecule has 0 saturated carbocycles. The molecule has 0 aliphatic heterocycles. The van der Waals surface area contributed by atoms with Crippen LogP contribution in [0.4, 0.5) is 0 Å². The maximum atomic E-state index is 11.7. The van der Waals surface area contributed by atoms with Gasteiger partial charge < -0.3 is 4.74 Å². The van der Waals surface area contributed by atoms with Crippen LogP contribution in [0.5, 0.6) is 0 Å². The third kappa shape index (κ3) is 5.02. The van der Waals surface area contributed by atoms with E-state index in [4.69, 9.17) is 12.2 Å². The molecule has 0 aromatic carbocycles. The molecule has 15 heavy (non-hydrogen) atoms. The lowest BCUT2D eigenvalue weighted by atomic mass is 9.87. The Morgan fingerprint density at radius 3 is 2.13 bits per heavy atom. The SMILES string of the molecule is COC(=O)C(C)C(=S)C(=O)CC(C)(C)C. The maximum absolute atomic E-state index is 11.7. The molecule has 0 aromatic rings. The fourth-order valence-corrected chi connectivity index (χ4v) is 1.26. The number of carbonyl (C=O) groups is 2. The molecule has 0 bridgehead atoms. The second-order valence-electron chi connectivity index (χ2n) is 4.77. The second-order valence-corrected chi connectivity index (χ2v) is 5.21. The summed E-state index contributed by atoms with van der Waals surface area (Å²) < 4.78 is 4.53. The molecular weight excluding hydrogens is 212 g/mol. The first-order valence-corrected chi connectivity index (χ1v) is 5.24. The molecule has 0 amide bonds. The first-order valence-electron chi connectivity index (χ1n) is 4.84. The highest BCUT2D eigenvalue weighted by Gasteiger charge is 2.26. The van der Waals surface area contributed by atoms with Crippen LogP contribution in [-0.4, -0.2) is 23.7 Å². The van der Waals surface area contributed by atoms with Gasteiger partial charge in [0.15, 0.2) is 5.78 Å². The third-order valence-electron chi connectivity index (χ3n) is 1.91. The molecule has 1 unspecified atom stereocenters. The van der Waals surface area contributed by atoms with E-state index in [1.54, 1.807) is 6.92 Å². The lowest BCUT2D eigenvalue weighted by molar-refractivity contribution is -0.142. The molecule has 0 fully saturated rings. The summed E-state index contributed by atoms with van der Waals surface area (Å²) in [5.41, 5.74) is -0.114. The number of carbonyl (C=O) groups excluding carboxylic acids is 2. The van der Waals surface area contributed by atoms with E-state index in [1.165, 1.54) is 7.11 Å². The topological polar surface area (TPSA) is 43.4 Å². The minimum atomic E-state index is -0.625. The zero-order chi connectivity index (χ0) is 12.2. The van der Waals surface area contributed by atoms with E-state index in [1.807, 2.05) is 20.8 Å². The summed E-state index contributed by atoms with van der Waals surface area (Å²) in [4.78, 5) is 23.0. The lowest BCUT2D eigenvalue weighted by Gasteiger charge is -2.18. The summed E-state index contributed by atoms with van der Waals surface area (Å²) in [6, 6.07) is 0. The van der Waals surface area contributed by atoms with Crippen LogP contribution in [-0.2, 0) is 14.3 Å². The third-order valence-corrected chi connectivity index (χ3v) is 2.49. The van der Waals surface area contributed by atoms with Gasteiger partial charge in [-0.3, -0.25) is 9.59 Å². The summed E-state index contributed by atoms with van der Waals surface area (Å²) in [5.74, 6) is -1.22. The highest BCUT2D eigenvalue weighted by atomic mass is 32.1. The minimum Gasteiger partial charge on any atom is -0.469 e. The van der Waals surface area contributed by atoms with Gasteiger partial charge in [-0.1, -0.05) is 33.0 Å². The Bertz CT molecular complexity index is 276. The van der Waals surface area contributed by atoms with E-state index >= 15 is 0 Å². The van der Waals surface area contributed by atoms with Crippen molar-refractivity contribution in [2.24, 2.45) is 11.3 Å². The standard InChI is InChI=1S/C11H18O3S/c1-7(10(13)14-5)9(15)8(12)6-11(2,3)4/h7H,6H2,1-5H3. The van der Waals surface area contributed by atoms with Crippen LogP contribution in [0.1, 0.15) is 34.1 Å². The Morgan fingerprint density at radius 2 is 1.80 bits per heavy atom. The van der Waals surface area contributed by atoms with Crippen LogP contribution in [0.15, 0.2) is 0 Å². The molecule has 3 nitrogen and oxygen atoms in total. The van der Waals surface area contributed by atoms with Gasteiger partial charge in [-0.2, -0.15) is 0 Å². The van der Waals surface area contributed by atoms with Crippen LogP contribution in [0.25, 0.3) is 0 Å². The Hall–Kier alpha value is -0.770. The number of thiocarbonyl (C=S) groups is 1. The van der Waals surface area contributed by atoms with Gasteiger partial charge in [0, 0.05) is 6.42 Å². The minimum absolute atomic E-state index is 0.114. The molecule has 0 radical (unpaired) electrons. The number of Topliss-reactive ketones (excluding diaryl/α,β-unsaturated/α-hetero) is 1. The van der Waals surface area contributed by atoms with Gasteiger partial charge in [0.2, 0.25) is 0 Å². The van der Waals surface area contributed by atoms with Crippen molar-refractivity contribution in [1.82, 2.24) is 0 Å². The molecule has 0 heterocycles. The van der Waals surface area contributed by atoms with Crippen LogP contribution in [0, 0.1) is 11.3 Å². The smallest absolute Gasteiger partial charge is 0.313 e. The Morgan fingerprint density at radius 1 is 1.33 bits per heavy atom. The van der Waals surface area contributed by atoms with Gasteiger partial charge in [0.1, 0.15) is 0 Å². The molecule has 0 N–H and O–H groups in total.